The SMILES string of the molecule is CCc1cc(CC)cc([Si](c2ccccc2)(c2cc(C)c(C)c(C)c2)C2(C)C(C)=C(C)C(C)=[C]2[Ti+3])c1.[Cl-].[Cl-].[Cl-]. The molecule has 0 fully saturated rings. The van der Waals surface area contributed by atoms with Gasteiger partial charge in [0.2, 0.25) is 0 Å². The third kappa shape index (κ3) is 5.58. The minimum Gasteiger partial charge on any atom is -1.00 e. The Hall–Kier alpha value is -1.06. The molecule has 0 saturated heterocycles. The summed E-state index contributed by atoms with van der Waals surface area (Å²) in [6.45, 7) is 21.1. The molecule has 1 aliphatic rings. The Balaban J connectivity index is 0.00000253. The van der Waals surface area contributed by atoms with Crippen LogP contribution in [-0.4, -0.2) is 8.07 Å². The Kier molecular flexibility index (Phi) is 12.7. The molecule has 0 heterocycles. The largest absolute Gasteiger partial charge is 1.00 e. The van der Waals surface area contributed by atoms with Crippen molar-refractivity contribution in [3.8, 4) is 0 Å². The van der Waals surface area contributed by atoms with Gasteiger partial charge in [-0.2, -0.15) is 0 Å². The predicted molar refractivity (Wildman–Crippen MR) is 156 cm³/mol. The van der Waals surface area contributed by atoms with Gasteiger partial charge in [0.25, 0.3) is 0 Å². The van der Waals surface area contributed by atoms with E-state index in [1.807, 2.05) is 0 Å². The summed E-state index contributed by atoms with van der Waals surface area (Å²) in [7, 11) is -2.62. The van der Waals surface area contributed by atoms with Gasteiger partial charge in [-0.25, -0.2) is 0 Å². The third-order valence-electron chi connectivity index (χ3n) is 9.37. The zero-order chi connectivity index (χ0) is 26.4. The number of hydrogen-bond donors (Lipinski definition) is 0. The molecule has 0 bridgehead atoms. The number of rotatable bonds is 6. The van der Waals surface area contributed by atoms with E-state index in [9.17, 15) is 0 Å². The van der Waals surface area contributed by atoms with Crippen LogP contribution >= 0.6 is 0 Å². The molecule has 3 aromatic carbocycles. The fraction of sp³-hybridized carbons (Fsp3) is 0.353. The van der Waals surface area contributed by atoms with Gasteiger partial charge in [-0.3, -0.25) is 0 Å². The van der Waals surface area contributed by atoms with Crippen molar-refractivity contribution in [2.24, 2.45) is 0 Å². The fourth-order valence-electron chi connectivity index (χ4n) is 6.57. The molecule has 2 atom stereocenters. The molecular formula is C34H41Cl3SiTi. The first-order chi connectivity index (χ1) is 17.0. The number of hydrogen-bond acceptors (Lipinski definition) is 0. The molecule has 5 heteroatoms. The van der Waals surface area contributed by atoms with E-state index in [0.717, 1.165) is 12.8 Å². The van der Waals surface area contributed by atoms with E-state index >= 15 is 0 Å². The van der Waals surface area contributed by atoms with Crippen molar-refractivity contribution in [2.75, 3.05) is 0 Å². The number of aryl methyl sites for hydroxylation is 4. The maximum Gasteiger partial charge on any atom is -1.00 e. The zero-order valence-electron chi connectivity index (χ0n) is 24.8. The molecular weight excluding hydrogens is 591 g/mol. The van der Waals surface area contributed by atoms with E-state index in [1.165, 1.54) is 49.3 Å². The second-order valence-corrected chi connectivity index (χ2v) is 16.0. The van der Waals surface area contributed by atoms with E-state index in [1.54, 1.807) is 14.6 Å². The van der Waals surface area contributed by atoms with Crippen molar-refractivity contribution in [3.05, 3.63) is 109 Å². The Morgan fingerprint density at radius 2 is 1.10 bits per heavy atom. The first-order valence-corrected chi connectivity index (χ1v) is 16.2. The van der Waals surface area contributed by atoms with Crippen LogP contribution in [0.5, 0.6) is 0 Å². The van der Waals surface area contributed by atoms with Gasteiger partial charge in [0.1, 0.15) is 0 Å². The second kappa shape index (κ2) is 13.7. The molecule has 0 nitrogen and oxygen atoms in total. The smallest absolute Gasteiger partial charge is 1.00 e. The standard InChI is InChI=1S/C34H41Si.3ClH.Ti/c1-10-29-19-30(11-2)21-33(20-29)35(31-15-13-12-14-16-31,32-17-23(3)26(6)24(4)18-32)34(9)22-25(5)27(7)28(34)8;;;;/h12-21H,10-11H2,1-9H3;3*1H;/q;;;;+3/p-3. The van der Waals surface area contributed by atoms with Gasteiger partial charge in [-0.15, -0.1) is 0 Å². The van der Waals surface area contributed by atoms with Crippen molar-refractivity contribution in [1.29, 1.82) is 0 Å². The van der Waals surface area contributed by atoms with Crippen LogP contribution in [0.1, 0.15) is 69.4 Å². The van der Waals surface area contributed by atoms with Gasteiger partial charge in [0.15, 0.2) is 0 Å². The van der Waals surface area contributed by atoms with Gasteiger partial charge in [-0.1, -0.05) is 0 Å². The summed E-state index contributed by atoms with van der Waals surface area (Å²) in [5.74, 6) is 0. The summed E-state index contributed by atoms with van der Waals surface area (Å²) >= 11 is 2.42. The van der Waals surface area contributed by atoms with Crippen LogP contribution < -0.4 is 52.8 Å². The van der Waals surface area contributed by atoms with Crippen molar-refractivity contribution in [2.45, 2.75) is 80.2 Å². The second-order valence-electron chi connectivity index (χ2n) is 11.0. The molecule has 0 saturated carbocycles. The molecule has 0 spiro atoms. The van der Waals surface area contributed by atoms with Crippen molar-refractivity contribution in [3.63, 3.8) is 0 Å². The molecule has 3 aromatic rings. The first-order valence-electron chi connectivity index (χ1n) is 13.4. The summed E-state index contributed by atoms with van der Waals surface area (Å²) in [4.78, 5) is 0. The van der Waals surface area contributed by atoms with Crippen LogP contribution in [0.15, 0.2) is 81.3 Å². The monoisotopic (exact) mass is 630 g/mol. The van der Waals surface area contributed by atoms with Crippen molar-refractivity contribution >= 4 is 23.6 Å². The van der Waals surface area contributed by atoms with Gasteiger partial charge in [-0.05, 0) is 0 Å². The minimum atomic E-state index is -2.62. The van der Waals surface area contributed by atoms with Gasteiger partial charge < -0.3 is 37.2 Å². The average molecular weight is 632 g/mol. The molecule has 0 aliphatic heterocycles. The summed E-state index contributed by atoms with van der Waals surface area (Å²) < 4.78 is 1.55. The van der Waals surface area contributed by atoms with E-state index < -0.39 is 8.07 Å². The van der Waals surface area contributed by atoms with E-state index in [2.05, 4.69) is 143 Å². The Bertz CT molecular complexity index is 1320. The summed E-state index contributed by atoms with van der Waals surface area (Å²) in [6.07, 6.45) is 2.12. The van der Waals surface area contributed by atoms with Gasteiger partial charge in [0.05, 0.1) is 0 Å². The molecule has 1 aliphatic carbocycles. The number of benzene rings is 3. The van der Waals surface area contributed by atoms with Crippen LogP contribution in [0, 0.1) is 20.8 Å². The Labute approximate surface area is 268 Å². The summed E-state index contributed by atoms with van der Waals surface area (Å²) in [5, 5.41) is 4.53. The average Bonchev–Trinajstić information content (AvgIpc) is 3.03. The normalized spacial score (nSPS) is 18.2. The van der Waals surface area contributed by atoms with Crippen LogP contribution in [0.4, 0.5) is 0 Å². The van der Waals surface area contributed by atoms with Gasteiger partial charge in [0, 0.05) is 0 Å². The number of allylic oxidation sites excluding steroid dienone is 4. The molecule has 2 unspecified atom stereocenters. The maximum atomic E-state index is 2.58. The molecule has 0 amide bonds. The minimum absolute atomic E-state index is 0. The Morgan fingerprint density at radius 1 is 0.641 bits per heavy atom. The first kappa shape index (κ1) is 36.0. The topological polar surface area (TPSA) is 0 Å². The van der Waals surface area contributed by atoms with Crippen molar-refractivity contribution in [1.82, 2.24) is 0 Å². The predicted octanol–water partition coefficient (Wildman–Crippen LogP) is -1.85. The molecule has 4 rings (SSSR count). The molecule has 0 aromatic heterocycles. The molecule has 39 heavy (non-hydrogen) atoms. The fourth-order valence-corrected chi connectivity index (χ4v) is 14.4. The summed E-state index contributed by atoms with van der Waals surface area (Å²) in [6, 6.07) is 24.2. The van der Waals surface area contributed by atoms with Crippen LogP contribution in [0.2, 0.25) is 5.04 Å². The maximum absolute atomic E-state index is 2.62. The van der Waals surface area contributed by atoms with Crippen LogP contribution in [0.25, 0.3) is 0 Å². The van der Waals surface area contributed by atoms with Gasteiger partial charge >= 0.3 is 233 Å². The van der Waals surface area contributed by atoms with E-state index in [4.69, 9.17) is 0 Å². The summed E-state index contributed by atoms with van der Waals surface area (Å²) in [5.41, 5.74) is 11.6. The third-order valence-corrected chi connectivity index (χ3v) is 16.8. The van der Waals surface area contributed by atoms with Crippen LogP contribution in [0.3, 0.4) is 0 Å². The number of halogens is 3. The van der Waals surface area contributed by atoms with Crippen LogP contribution in [-0.2, 0) is 33.3 Å². The van der Waals surface area contributed by atoms with Crippen molar-refractivity contribution < 1.29 is 57.7 Å². The zero-order valence-corrected chi connectivity index (χ0v) is 29.7. The molecule has 0 radical (unpaired) electrons. The van der Waals surface area contributed by atoms with E-state index in [0.29, 0.717) is 0 Å². The Morgan fingerprint density at radius 3 is 1.51 bits per heavy atom. The molecule has 206 valence electrons. The quantitative estimate of drug-likeness (QED) is 0.222. The molecule has 0 N–H and O–H groups in total. The van der Waals surface area contributed by atoms with E-state index in [-0.39, 0.29) is 42.3 Å².